The van der Waals surface area contributed by atoms with Gasteiger partial charge < -0.3 is 4.52 Å². The summed E-state index contributed by atoms with van der Waals surface area (Å²) in [6.07, 6.45) is -2.13. The predicted octanol–water partition coefficient (Wildman–Crippen LogP) is 6.81. The molecule has 30 heavy (non-hydrogen) atoms. The van der Waals surface area contributed by atoms with Gasteiger partial charge in [-0.15, -0.1) is 11.3 Å². The topological polar surface area (TPSA) is 38.9 Å². The van der Waals surface area contributed by atoms with E-state index in [1.807, 2.05) is 0 Å². The molecule has 0 saturated carbocycles. The molecule has 0 bridgehead atoms. The molecule has 0 fully saturated rings. The van der Waals surface area contributed by atoms with Crippen molar-refractivity contribution in [2.24, 2.45) is 0 Å². The Balaban J connectivity index is 1.65. The van der Waals surface area contributed by atoms with Gasteiger partial charge in [-0.2, -0.15) is 13.2 Å². The van der Waals surface area contributed by atoms with Crippen molar-refractivity contribution in [3.05, 3.63) is 70.9 Å². The molecule has 5 rings (SSSR count). The summed E-state index contributed by atoms with van der Waals surface area (Å²) in [4.78, 5) is 5.44. The molecule has 0 unspecified atom stereocenters. The van der Waals surface area contributed by atoms with Crippen molar-refractivity contribution in [2.45, 2.75) is 32.4 Å². The number of hydrogen-bond acceptors (Lipinski definition) is 4. The molecular formula is C23H17F3N2OS. The second-order valence-corrected chi connectivity index (χ2v) is 8.24. The molecule has 0 amide bonds. The summed E-state index contributed by atoms with van der Waals surface area (Å²) < 4.78 is 47.2. The Labute approximate surface area is 175 Å². The number of halogens is 3. The normalized spacial score (nSPS) is 13.2. The molecule has 4 aromatic rings. The standard InChI is InChI=1S/C23H17F3N2OS/c1-2-13-8-10-16-15(12-13)9-11-17-21(16)30-22(27-17)20-18(23(24,25)26)19(28-29-20)14-6-4-3-5-7-14/h3-8,10,12H,2,9,11H2,1H3. The van der Waals surface area contributed by atoms with Crippen LogP contribution in [0.25, 0.3) is 32.5 Å². The number of rotatable bonds is 3. The van der Waals surface area contributed by atoms with Gasteiger partial charge in [-0.1, -0.05) is 60.6 Å². The molecule has 0 saturated heterocycles. The van der Waals surface area contributed by atoms with Crippen LogP contribution in [0.15, 0.2) is 53.1 Å². The number of aryl methyl sites for hydroxylation is 3. The summed E-state index contributed by atoms with van der Waals surface area (Å²) >= 11 is 1.24. The minimum Gasteiger partial charge on any atom is -0.352 e. The highest BCUT2D eigenvalue weighted by atomic mass is 32.1. The Kier molecular flexibility index (Phi) is 4.50. The van der Waals surface area contributed by atoms with Gasteiger partial charge >= 0.3 is 6.18 Å². The second kappa shape index (κ2) is 7.09. The van der Waals surface area contributed by atoms with Crippen LogP contribution in [-0.2, 0) is 25.4 Å². The van der Waals surface area contributed by atoms with Gasteiger partial charge in [-0.25, -0.2) is 4.98 Å². The van der Waals surface area contributed by atoms with Crippen molar-refractivity contribution >= 4 is 11.3 Å². The van der Waals surface area contributed by atoms with Crippen molar-refractivity contribution in [1.82, 2.24) is 10.1 Å². The largest absolute Gasteiger partial charge is 0.422 e. The number of hydrogen-bond donors (Lipinski definition) is 0. The van der Waals surface area contributed by atoms with Gasteiger partial charge in [-0.05, 0) is 36.0 Å². The third-order valence-corrected chi connectivity index (χ3v) is 6.50. The van der Waals surface area contributed by atoms with Gasteiger partial charge in [0.25, 0.3) is 0 Å². The molecule has 0 aliphatic heterocycles. The fraction of sp³-hybridized carbons (Fsp3) is 0.217. The Morgan fingerprint density at radius 1 is 1.07 bits per heavy atom. The first-order chi connectivity index (χ1) is 14.5. The van der Waals surface area contributed by atoms with Crippen molar-refractivity contribution in [3.8, 4) is 32.5 Å². The molecule has 0 N–H and O–H groups in total. The minimum absolute atomic E-state index is 0.209. The summed E-state index contributed by atoms with van der Waals surface area (Å²) in [5, 5.41) is 3.99. The first-order valence-corrected chi connectivity index (χ1v) is 10.5. The zero-order valence-corrected chi connectivity index (χ0v) is 16.9. The molecule has 152 valence electrons. The fourth-order valence-corrected chi connectivity index (χ4v) is 5.03. The number of thiazole rings is 1. The van der Waals surface area contributed by atoms with Crippen LogP contribution < -0.4 is 0 Å². The Hall–Kier alpha value is -2.93. The molecule has 2 aromatic carbocycles. The molecule has 0 atom stereocenters. The number of fused-ring (bicyclic) bond motifs is 3. The lowest BCUT2D eigenvalue weighted by Crippen LogP contribution is -2.07. The third kappa shape index (κ3) is 3.13. The van der Waals surface area contributed by atoms with Crippen LogP contribution in [0.3, 0.4) is 0 Å². The van der Waals surface area contributed by atoms with E-state index in [1.54, 1.807) is 30.3 Å². The predicted molar refractivity (Wildman–Crippen MR) is 110 cm³/mol. The number of aromatic nitrogens is 2. The summed E-state index contributed by atoms with van der Waals surface area (Å²) in [7, 11) is 0. The van der Waals surface area contributed by atoms with Crippen LogP contribution in [0.2, 0.25) is 0 Å². The molecule has 2 heterocycles. The zero-order valence-electron chi connectivity index (χ0n) is 16.1. The molecule has 1 aliphatic carbocycles. The lowest BCUT2D eigenvalue weighted by molar-refractivity contribution is -0.136. The number of nitrogens with zero attached hydrogens (tertiary/aromatic N) is 2. The van der Waals surface area contributed by atoms with Crippen LogP contribution in [0.4, 0.5) is 13.2 Å². The smallest absolute Gasteiger partial charge is 0.352 e. The van der Waals surface area contributed by atoms with E-state index in [-0.39, 0.29) is 16.5 Å². The van der Waals surface area contributed by atoms with Crippen molar-refractivity contribution in [1.29, 1.82) is 0 Å². The fourth-order valence-electron chi connectivity index (χ4n) is 3.87. The second-order valence-electron chi connectivity index (χ2n) is 7.24. The lowest BCUT2D eigenvalue weighted by Gasteiger charge is -2.15. The molecule has 0 radical (unpaired) electrons. The quantitative estimate of drug-likeness (QED) is 0.361. The Morgan fingerprint density at radius 3 is 2.60 bits per heavy atom. The summed E-state index contributed by atoms with van der Waals surface area (Å²) in [5.41, 5.74) is 3.62. The van der Waals surface area contributed by atoms with Crippen molar-refractivity contribution in [3.63, 3.8) is 0 Å². The average molecular weight is 426 g/mol. The van der Waals surface area contributed by atoms with Gasteiger partial charge in [0, 0.05) is 5.56 Å². The van der Waals surface area contributed by atoms with Crippen LogP contribution >= 0.6 is 11.3 Å². The highest BCUT2D eigenvalue weighted by molar-refractivity contribution is 7.18. The summed E-state index contributed by atoms with van der Waals surface area (Å²) in [5.74, 6) is -0.313. The summed E-state index contributed by atoms with van der Waals surface area (Å²) in [6, 6.07) is 14.6. The molecule has 1 aliphatic rings. The Bertz CT molecular complexity index is 1230. The molecule has 7 heteroatoms. The lowest BCUT2D eigenvalue weighted by atomic mass is 9.92. The van der Waals surface area contributed by atoms with E-state index in [2.05, 4.69) is 35.3 Å². The van der Waals surface area contributed by atoms with Crippen molar-refractivity contribution < 1.29 is 17.7 Å². The highest BCUT2D eigenvalue weighted by Gasteiger charge is 2.42. The first-order valence-electron chi connectivity index (χ1n) is 9.70. The van der Waals surface area contributed by atoms with E-state index in [0.717, 1.165) is 29.0 Å². The van der Waals surface area contributed by atoms with E-state index in [4.69, 9.17) is 4.52 Å². The maximum absolute atomic E-state index is 14.0. The zero-order chi connectivity index (χ0) is 20.9. The SMILES string of the molecule is CCc1ccc2c(c1)CCc1nc(-c3onc(-c4ccccc4)c3C(F)(F)F)sc1-2. The van der Waals surface area contributed by atoms with Gasteiger partial charge in [0.05, 0.1) is 10.6 Å². The van der Waals surface area contributed by atoms with Gasteiger partial charge in [-0.3, -0.25) is 0 Å². The van der Waals surface area contributed by atoms with Crippen LogP contribution in [0.1, 0.15) is 29.3 Å². The number of benzene rings is 2. The molecular weight excluding hydrogens is 409 g/mol. The van der Waals surface area contributed by atoms with Crippen molar-refractivity contribution in [2.75, 3.05) is 0 Å². The molecule has 3 nitrogen and oxygen atoms in total. The van der Waals surface area contributed by atoms with Gasteiger partial charge in [0.1, 0.15) is 11.3 Å². The highest BCUT2D eigenvalue weighted by Crippen LogP contribution is 2.47. The minimum atomic E-state index is -4.61. The Morgan fingerprint density at radius 2 is 1.87 bits per heavy atom. The van der Waals surface area contributed by atoms with Crippen LogP contribution in [-0.4, -0.2) is 10.1 Å². The van der Waals surface area contributed by atoms with Crippen LogP contribution in [0, 0.1) is 0 Å². The van der Waals surface area contributed by atoms with E-state index >= 15 is 0 Å². The molecule has 0 spiro atoms. The molecule has 2 aromatic heterocycles. The average Bonchev–Trinajstić information content (AvgIpc) is 3.38. The third-order valence-electron chi connectivity index (χ3n) is 5.37. The van der Waals surface area contributed by atoms with Gasteiger partial charge in [0.2, 0.25) is 5.76 Å². The monoisotopic (exact) mass is 426 g/mol. The van der Waals surface area contributed by atoms with E-state index < -0.39 is 11.7 Å². The maximum atomic E-state index is 14.0. The first kappa shape index (κ1) is 19.1. The summed E-state index contributed by atoms with van der Waals surface area (Å²) in [6.45, 7) is 2.10. The van der Waals surface area contributed by atoms with E-state index in [0.29, 0.717) is 12.0 Å². The van der Waals surface area contributed by atoms with E-state index in [1.165, 1.54) is 22.5 Å². The van der Waals surface area contributed by atoms with Crippen LogP contribution in [0.5, 0.6) is 0 Å². The van der Waals surface area contributed by atoms with E-state index in [9.17, 15) is 13.2 Å². The number of alkyl halides is 3. The van der Waals surface area contributed by atoms with Gasteiger partial charge in [0.15, 0.2) is 5.01 Å². The maximum Gasteiger partial charge on any atom is 0.422 e.